The van der Waals surface area contributed by atoms with Crippen LogP contribution in [0.15, 0.2) is 0 Å². The van der Waals surface area contributed by atoms with E-state index in [-0.39, 0.29) is 0 Å². The maximum absolute atomic E-state index is 10.0. The molecule has 72 valence electrons. The van der Waals surface area contributed by atoms with Gasteiger partial charge in [0.15, 0.2) is 0 Å². The third kappa shape index (κ3) is 2.46. The van der Waals surface area contributed by atoms with Crippen molar-refractivity contribution >= 4 is 0 Å². The minimum absolute atomic E-state index is 0.297. The molecule has 0 aromatic carbocycles. The van der Waals surface area contributed by atoms with Gasteiger partial charge < -0.3 is 9.84 Å². The predicted octanol–water partition coefficient (Wildman–Crippen LogP) is 1.96. The largest absolute Gasteiger partial charge is 0.387 e. The van der Waals surface area contributed by atoms with Gasteiger partial charge in [0, 0.05) is 6.61 Å². The average molecular weight is 172 g/mol. The zero-order valence-electron chi connectivity index (χ0n) is 8.39. The summed E-state index contributed by atoms with van der Waals surface area (Å²) in [5.74, 6) is 0. The van der Waals surface area contributed by atoms with Gasteiger partial charge in [-0.3, -0.25) is 0 Å². The second-order valence-corrected chi connectivity index (χ2v) is 4.70. The van der Waals surface area contributed by atoms with Crippen molar-refractivity contribution in [2.24, 2.45) is 5.41 Å². The summed E-state index contributed by atoms with van der Waals surface area (Å²) in [6, 6.07) is 0. The average Bonchev–Trinajstić information content (AvgIpc) is 2.23. The molecule has 2 nitrogen and oxygen atoms in total. The first-order chi connectivity index (χ1) is 5.47. The third-order valence-electron chi connectivity index (χ3n) is 2.65. The Morgan fingerprint density at radius 1 is 1.33 bits per heavy atom. The monoisotopic (exact) mass is 172 g/mol. The van der Waals surface area contributed by atoms with E-state index in [2.05, 4.69) is 13.8 Å². The predicted molar refractivity (Wildman–Crippen MR) is 49.1 cm³/mol. The van der Waals surface area contributed by atoms with Gasteiger partial charge in [-0.15, -0.1) is 0 Å². The molecule has 0 saturated heterocycles. The zero-order chi connectivity index (χ0) is 9.24. The van der Waals surface area contributed by atoms with E-state index >= 15 is 0 Å². The smallest absolute Gasteiger partial charge is 0.0885 e. The first-order valence-electron chi connectivity index (χ1n) is 4.78. The molecule has 1 aliphatic rings. The molecule has 12 heavy (non-hydrogen) atoms. The fraction of sp³-hybridized carbons (Fsp3) is 1.00. The van der Waals surface area contributed by atoms with E-state index in [0.717, 1.165) is 19.3 Å². The van der Waals surface area contributed by atoms with Gasteiger partial charge in [-0.05, 0) is 31.6 Å². The van der Waals surface area contributed by atoms with Crippen molar-refractivity contribution in [3.63, 3.8) is 0 Å². The van der Waals surface area contributed by atoms with E-state index in [9.17, 15) is 5.11 Å². The molecule has 1 rings (SSSR count). The van der Waals surface area contributed by atoms with Crippen LogP contribution in [-0.2, 0) is 4.74 Å². The van der Waals surface area contributed by atoms with Crippen molar-refractivity contribution in [3.8, 4) is 0 Å². The maximum atomic E-state index is 10.0. The molecule has 0 bridgehead atoms. The van der Waals surface area contributed by atoms with Gasteiger partial charge in [0.05, 0.1) is 12.2 Å². The Labute approximate surface area is 74.9 Å². The van der Waals surface area contributed by atoms with E-state index in [4.69, 9.17) is 4.74 Å². The second kappa shape index (κ2) is 3.35. The molecular formula is C10H20O2. The van der Waals surface area contributed by atoms with E-state index < -0.39 is 5.60 Å². The first-order valence-corrected chi connectivity index (χ1v) is 4.78. The summed E-state index contributed by atoms with van der Waals surface area (Å²) in [6.07, 6.45) is 2.87. The lowest BCUT2D eigenvalue weighted by Gasteiger charge is -2.24. The fourth-order valence-corrected chi connectivity index (χ4v) is 2.05. The zero-order valence-corrected chi connectivity index (χ0v) is 8.39. The molecule has 0 spiro atoms. The third-order valence-corrected chi connectivity index (χ3v) is 2.65. The Bertz CT molecular complexity index is 154. The number of rotatable bonds is 3. The quantitative estimate of drug-likeness (QED) is 0.705. The van der Waals surface area contributed by atoms with Crippen molar-refractivity contribution in [2.75, 3.05) is 13.2 Å². The molecule has 0 radical (unpaired) electrons. The van der Waals surface area contributed by atoms with Crippen LogP contribution in [0.3, 0.4) is 0 Å². The minimum Gasteiger partial charge on any atom is -0.387 e. The molecule has 1 fully saturated rings. The molecule has 2 heteroatoms. The molecule has 0 aromatic heterocycles. The lowest BCUT2D eigenvalue weighted by molar-refractivity contribution is -0.0439. The molecule has 0 amide bonds. The SMILES string of the molecule is CCOCC1(O)CCC(C)(C)C1. The van der Waals surface area contributed by atoms with Crippen LogP contribution < -0.4 is 0 Å². The van der Waals surface area contributed by atoms with Gasteiger partial charge in [0.2, 0.25) is 0 Å². The first kappa shape index (κ1) is 10.0. The summed E-state index contributed by atoms with van der Waals surface area (Å²) in [5.41, 5.74) is -0.245. The molecule has 1 atom stereocenters. The Balaban J connectivity index is 2.41. The molecular weight excluding hydrogens is 152 g/mol. The standard InChI is InChI=1S/C10H20O2/c1-4-12-8-10(11)6-5-9(2,3)7-10/h11H,4-8H2,1-3H3. The van der Waals surface area contributed by atoms with E-state index in [0.29, 0.717) is 18.6 Å². The molecule has 1 unspecified atom stereocenters. The molecule has 1 saturated carbocycles. The van der Waals surface area contributed by atoms with Crippen LogP contribution in [0, 0.1) is 5.41 Å². The summed E-state index contributed by atoms with van der Waals surface area (Å²) in [5, 5.41) is 10.0. The minimum atomic E-state index is -0.542. The van der Waals surface area contributed by atoms with Crippen LogP contribution in [0.25, 0.3) is 0 Å². The topological polar surface area (TPSA) is 29.5 Å². The summed E-state index contributed by atoms with van der Waals surface area (Å²) in [7, 11) is 0. The number of hydrogen-bond acceptors (Lipinski definition) is 2. The molecule has 0 aromatic rings. The Hall–Kier alpha value is -0.0800. The molecule has 0 heterocycles. The highest BCUT2D eigenvalue weighted by Crippen LogP contribution is 2.43. The van der Waals surface area contributed by atoms with Crippen LogP contribution in [0.2, 0.25) is 0 Å². The molecule has 1 aliphatic carbocycles. The molecule has 0 aliphatic heterocycles. The highest BCUT2D eigenvalue weighted by molar-refractivity contribution is 4.93. The maximum Gasteiger partial charge on any atom is 0.0885 e. The Morgan fingerprint density at radius 3 is 2.42 bits per heavy atom. The van der Waals surface area contributed by atoms with Gasteiger partial charge in [0.25, 0.3) is 0 Å². The summed E-state index contributed by atoms with van der Waals surface area (Å²) < 4.78 is 5.26. The highest BCUT2D eigenvalue weighted by Gasteiger charge is 2.41. The van der Waals surface area contributed by atoms with Gasteiger partial charge in [-0.2, -0.15) is 0 Å². The number of aliphatic hydroxyl groups is 1. The van der Waals surface area contributed by atoms with Gasteiger partial charge in [-0.25, -0.2) is 0 Å². The summed E-state index contributed by atoms with van der Waals surface area (Å²) in [4.78, 5) is 0. The second-order valence-electron chi connectivity index (χ2n) is 4.70. The van der Waals surface area contributed by atoms with Crippen LogP contribution in [0.4, 0.5) is 0 Å². The highest BCUT2D eigenvalue weighted by atomic mass is 16.5. The summed E-state index contributed by atoms with van der Waals surface area (Å²) >= 11 is 0. The van der Waals surface area contributed by atoms with Crippen molar-refractivity contribution in [1.82, 2.24) is 0 Å². The van der Waals surface area contributed by atoms with Gasteiger partial charge in [0.1, 0.15) is 0 Å². The van der Waals surface area contributed by atoms with Crippen molar-refractivity contribution in [2.45, 2.75) is 45.6 Å². The van der Waals surface area contributed by atoms with E-state index in [1.54, 1.807) is 0 Å². The normalized spacial score (nSPS) is 34.0. The fourth-order valence-electron chi connectivity index (χ4n) is 2.05. The van der Waals surface area contributed by atoms with Gasteiger partial charge in [-0.1, -0.05) is 13.8 Å². The van der Waals surface area contributed by atoms with Crippen LogP contribution >= 0.6 is 0 Å². The van der Waals surface area contributed by atoms with Crippen molar-refractivity contribution in [1.29, 1.82) is 0 Å². The van der Waals surface area contributed by atoms with Crippen molar-refractivity contribution in [3.05, 3.63) is 0 Å². The van der Waals surface area contributed by atoms with Crippen LogP contribution in [0.1, 0.15) is 40.0 Å². The summed E-state index contributed by atoms with van der Waals surface area (Å²) in [6.45, 7) is 7.58. The Morgan fingerprint density at radius 2 is 2.00 bits per heavy atom. The van der Waals surface area contributed by atoms with E-state index in [1.807, 2.05) is 6.92 Å². The lowest BCUT2D eigenvalue weighted by atomic mass is 9.89. The number of hydrogen-bond donors (Lipinski definition) is 1. The van der Waals surface area contributed by atoms with Crippen molar-refractivity contribution < 1.29 is 9.84 Å². The van der Waals surface area contributed by atoms with Crippen LogP contribution in [0.5, 0.6) is 0 Å². The van der Waals surface area contributed by atoms with Crippen LogP contribution in [-0.4, -0.2) is 23.9 Å². The lowest BCUT2D eigenvalue weighted by Crippen LogP contribution is -2.32. The van der Waals surface area contributed by atoms with Gasteiger partial charge >= 0.3 is 0 Å². The molecule has 1 N–H and O–H groups in total. The number of ether oxygens (including phenoxy) is 1. The Kier molecular flexibility index (Phi) is 2.79. The van der Waals surface area contributed by atoms with E-state index in [1.165, 1.54) is 0 Å².